The lowest BCUT2D eigenvalue weighted by Crippen LogP contribution is -2.46. The molecule has 2 unspecified atom stereocenters. The number of nitrogens with two attached hydrogens (primary N) is 1. The molecule has 0 aliphatic carbocycles. The zero-order valence-corrected chi connectivity index (χ0v) is 11.8. The smallest absolute Gasteiger partial charge is 0.326 e. The van der Waals surface area contributed by atoms with E-state index in [1.165, 1.54) is 11.3 Å². The molecule has 2 atom stereocenters. The Labute approximate surface area is 120 Å². The molecule has 1 aromatic heterocycles. The van der Waals surface area contributed by atoms with Crippen LogP contribution in [0.3, 0.4) is 0 Å². The van der Waals surface area contributed by atoms with E-state index in [-0.39, 0.29) is 18.9 Å². The molecule has 0 spiro atoms. The van der Waals surface area contributed by atoms with Gasteiger partial charge in [-0.05, 0) is 24.8 Å². The Morgan fingerprint density at radius 1 is 1.40 bits per heavy atom. The highest BCUT2D eigenvalue weighted by atomic mass is 32.1. The van der Waals surface area contributed by atoms with Gasteiger partial charge in [0, 0.05) is 11.3 Å². The number of hydrogen-bond donors (Lipinski definition) is 4. The largest absolute Gasteiger partial charge is 0.480 e. The van der Waals surface area contributed by atoms with Gasteiger partial charge in [-0.25, -0.2) is 9.59 Å². The van der Waals surface area contributed by atoms with Crippen LogP contribution in [0.1, 0.15) is 30.7 Å². The summed E-state index contributed by atoms with van der Waals surface area (Å²) in [5, 5.41) is 15.8. The van der Waals surface area contributed by atoms with Gasteiger partial charge in [0.1, 0.15) is 6.04 Å². The number of amides is 3. The van der Waals surface area contributed by atoms with E-state index in [2.05, 4.69) is 10.6 Å². The van der Waals surface area contributed by atoms with Crippen molar-refractivity contribution >= 4 is 29.2 Å². The highest BCUT2D eigenvalue weighted by Gasteiger charge is 2.21. The molecule has 1 aromatic rings. The van der Waals surface area contributed by atoms with Crippen LogP contribution >= 0.6 is 11.3 Å². The van der Waals surface area contributed by atoms with Crippen LogP contribution in [0, 0.1) is 0 Å². The van der Waals surface area contributed by atoms with Crippen molar-refractivity contribution in [1.82, 2.24) is 10.6 Å². The first-order chi connectivity index (χ1) is 9.40. The molecule has 5 N–H and O–H groups in total. The second-order valence-corrected chi connectivity index (χ2v) is 5.23. The van der Waals surface area contributed by atoms with Gasteiger partial charge in [0.2, 0.25) is 5.91 Å². The third-order valence-electron chi connectivity index (χ3n) is 2.60. The molecular formula is C12H17N3O4S. The standard InChI is InChI=1S/C12H17N3O4S/c1-7(9-3-2-6-20-9)14-12(19)15-8(11(17)18)4-5-10(13)16/h2-3,6-8H,4-5H2,1H3,(H2,13,16)(H,17,18)(H2,14,15,19). The molecule has 1 rings (SSSR count). The predicted octanol–water partition coefficient (Wildman–Crippen LogP) is 0.827. The lowest BCUT2D eigenvalue weighted by molar-refractivity contribution is -0.139. The van der Waals surface area contributed by atoms with Crippen molar-refractivity contribution in [2.45, 2.75) is 31.8 Å². The molecule has 8 heteroatoms. The Kier molecular flexibility index (Phi) is 5.98. The van der Waals surface area contributed by atoms with E-state index in [4.69, 9.17) is 10.8 Å². The number of carbonyl (C=O) groups is 3. The fourth-order valence-corrected chi connectivity index (χ4v) is 2.28. The molecule has 0 saturated heterocycles. The third-order valence-corrected chi connectivity index (χ3v) is 3.66. The summed E-state index contributed by atoms with van der Waals surface area (Å²) in [6.45, 7) is 1.80. The number of rotatable bonds is 7. The number of carboxylic acid groups (broad SMARTS) is 1. The quantitative estimate of drug-likeness (QED) is 0.595. The van der Waals surface area contributed by atoms with Crippen molar-refractivity contribution in [2.24, 2.45) is 5.73 Å². The first kappa shape index (κ1) is 16.0. The molecule has 0 aromatic carbocycles. The summed E-state index contributed by atoms with van der Waals surface area (Å²) >= 11 is 1.49. The lowest BCUT2D eigenvalue weighted by Gasteiger charge is -2.17. The zero-order valence-electron chi connectivity index (χ0n) is 11.0. The van der Waals surface area contributed by atoms with Gasteiger partial charge in [0.15, 0.2) is 0 Å². The number of urea groups is 1. The normalized spacial score (nSPS) is 13.2. The molecule has 20 heavy (non-hydrogen) atoms. The van der Waals surface area contributed by atoms with E-state index in [0.29, 0.717) is 0 Å². The Hall–Kier alpha value is -2.09. The van der Waals surface area contributed by atoms with E-state index in [1.807, 2.05) is 17.5 Å². The minimum absolute atomic E-state index is 0.0362. The predicted molar refractivity (Wildman–Crippen MR) is 74.3 cm³/mol. The van der Waals surface area contributed by atoms with Crippen LogP contribution in [-0.2, 0) is 9.59 Å². The SMILES string of the molecule is CC(NC(=O)NC(CCC(N)=O)C(=O)O)c1cccs1. The van der Waals surface area contributed by atoms with Crippen LogP contribution in [0.25, 0.3) is 0 Å². The fourth-order valence-electron chi connectivity index (χ4n) is 1.55. The van der Waals surface area contributed by atoms with Gasteiger partial charge in [-0.3, -0.25) is 4.79 Å². The van der Waals surface area contributed by atoms with Gasteiger partial charge in [-0.1, -0.05) is 6.07 Å². The average Bonchev–Trinajstić information content (AvgIpc) is 2.87. The van der Waals surface area contributed by atoms with E-state index in [0.717, 1.165) is 4.88 Å². The van der Waals surface area contributed by atoms with Gasteiger partial charge in [-0.2, -0.15) is 0 Å². The van der Waals surface area contributed by atoms with Crippen molar-refractivity contribution in [1.29, 1.82) is 0 Å². The summed E-state index contributed by atoms with van der Waals surface area (Å²) in [7, 11) is 0. The summed E-state index contributed by atoms with van der Waals surface area (Å²) in [5.74, 6) is -1.81. The molecule has 0 fully saturated rings. The monoisotopic (exact) mass is 299 g/mol. The number of thiophene rings is 1. The zero-order chi connectivity index (χ0) is 15.1. The molecule has 7 nitrogen and oxygen atoms in total. The minimum atomic E-state index is -1.20. The second kappa shape index (κ2) is 7.49. The number of primary amides is 1. The van der Waals surface area contributed by atoms with Gasteiger partial charge < -0.3 is 21.5 Å². The lowest BCUT2D eigenvalue weighted by atomic mass is 10.1. The molecule has 0 aliphatic rings. The maximum atomic E-state index is 11.7. The molecule has 3 amide bonds. The van der Waals surface area contributed by atoms with Crippen LogP contribution in [0.2, 0.25) is 0 Å². The maximum Gasteiger partial charge on any atom is 0.326 e. The number of aliphatic carboxylic acids is 1. The van der Waals surface area contributed by atoms with Gasteiger partial charge in [0.05, 0.1) is 6.04 Å². The Morgan fingerprint density at radius 2 is 2.10 bits per heavy atom. The molecule has 110 valence electrons. The van der Waals surface area contributed by atoms with Gasteiger partial charge >= 0.3 is 12.0 Å². The first-order valence-corrected chi connectivity index (χ1v) is 6.89. The topological polar surface area (TPSA) is 122 Å². The van der Waals surface area contributed by atoms with Crippen LogP contribution < -0.4 is 16.4 Å². The van der Waals surface area contributed by atoms with Crippen LogP contribution in [-0.4, -0.2) is 29.1 Å². The van der Waals surface area contributed by atoms with Crippen molar-refractivity contribution in [2.75, 3.05) is 0 Å². The van der Waals surface area contributed by atoms with Crippen LogP contribution in [0.5, 0.6) is 0 Å². The first-order valence-electron chi connectivity index (χ1n) is 6.01. The highest BCUT2D eigenvalue weighted by Crippen LogP contribution is 2.17. The van der Waals surface area contributed by atoms with Gasteiger partial charge in [-0.15, -0.1) is 11.3 Å². The summed E-state index contributed by atoms with van der Waals surface area (Å²) in [5.41, 5.74) is 4.96. The van der Waals surface area contributed by atoms with Crippen LogP contribution in [0.4, 0.5) is 4.79 Å². The Morgan fingerprint density at radius 3 is 2.60 bits per heavy atom. The van der Waals surface area contributed by atoms with E-state index in [9.17, 15) is 14.4 Å². The summed E-state index contributed by atoms with van der Waals surface area (Å²) in [6.07, 6.45) is -0.136. The third kappa shape index (κ3) is 5.27. The number of carbonyl (C=O) groups excluding carboxylic acids is 2. The van der Waals surface area contributed by atoms with Crippen molar-refractivity contribution in [3.63, 3.8) is 0 Å². The number of hydrogen-bond acceptors (Lipinski definition) is 4. The molecule has 0 bridgehead atoms. The Bertz CT molecular complexity index is 475. The van der Waals surface area contributed by atoms with Crippen molar-refractivity contribution in [3.8, 4) is 0 Å². The highest BCUT2D eigenvalue weighted by molar-refractivity contribution is 7.10. The van der Waals surface area contributed by atoms with E-state index >= 15 is 0 Å². The minimum Gasteiger partial charge on any atom is -0.480 e. The summed E-state index contributed by atoms with van der Waals surface area (Å²) < 4.78 is 0. The fraction of sp³-hybridized carbons (Fsp3) is 0.417. The van der Waals surface area contributed by atoms with E-state index < -0.39 is 23.9 Å². The van der Waals surface area contributed by atoms with Crippen molar-refractivity contribution in [3.05, 3.63) is 22.4 Å². The molecule has 1 heterocycles. The average molecular weight is 299 g/mol. The maximum absolute atomic E-state index is 11.7. The van der Waals surface area contributed by atoms with Gasteiger partial charge in [0.25, 0.3) is 0 Å². The molecular weight excluding hydrogens is 282 g/mol. The molecule has 0 saturated carbocycles. The summed E-state index contributed by atoms with van der Waals surface area (Å²) in [6, 6.07) is 1.78. The second-order valence-electron chi connectivity index (χ2n) is 4.25. The molecule has 0 radical (unpaired) electrons. The van der Waals surface area contributed by atoms with E-state index in [1.54, 1.807) is 6.92 Å². The molecule has 0 aliphatic heterocycles. The summed E-state index contributed by atoms with van der Waals surface area (Å²) in [4.78, 5) is 34.3. The van der Waals surface area contributed by atoms with Crippen LogP contribution in [0.15, 0.2) is 17.5 Å². The Balaban J connectivity index is 2.49. The number of carboxylic acids is 1. The number of nitrogens with one attached hydrogen (secondary N) is 2. The van der Waals surface area contributed by atoms with Crippen molar-refractivity contribution < 1.29 is 19.5 Å².